The maximum Gasteiger partial charge on any atom is 0.324 e. The Morgan fingerprint density at radius 1 is 1.31 bits per heavy atom. The zero-order chi connectivity index (χ0) is 22.1. The minimum atomic E-state index is -5.06. The second-order valence-electron chi connectivity index (χ2n) is 6.31. The van der Waals surface area contributed by atoms with Crippen molar-refractivity contribution in [2.45, 2.75) is 48.5 Å². The van der Waals surface area contributed by atoms with Gasteiger partial charge >= 0.3 is 5.97 Å². The van der Waals surface area contributed by atoms with E-state index in [4.69, 9.17) is 4.74 Å². The number of aliphatic hydroxyl groups excluding tert-OH is 4. The average Bonchev–Trinajstić information content (AvgIpc) is 2.93. The number of para-hydroxylation sites is 1. The average molecular weight is 436 g/mol. The molecule has 29 heavy (non-hydrogen) atoms. The second kappa shape index (κ2) is 8.66. The number of sulfonamides is 1. The van der Waals surface area contributed by atoms with Gasteiger partial charge in [0.2, 0.25) is 0 Å². The Balaban J connectivity index is 2.71. The number of aliphatic carboxylic acids is 1. The molecule has 162 valence electrons. The Labute approximate surface area is 164 Å². The molecule has 0 aliphatic carbocycles. The van der Waals surface area contributed by atoms with Crippen LogP contribution in [-0.2, 0) is 19.6 Å². The first-order chi connectivity index (χ1) is 13.4. The number of carboxylic acid groups (broad SMARTS) is 1. The van der Waals surface area contributed by atoms with Gasteiger partial charge in [0.15, 0.2) is 17.2 Å². The van der Waals surface area contributed by atoms with Gasteiger partial charge in [0, 0.05) is 6.07 Å². The van der Waals surface area contributed by atoms with Gasteiger partial charge in [-0.25, -0.2) is 8.42 Å². The first kappa shape index (κ1) is 23.1. The molecule has 0 spiro atoms. The molecule has 1 saturated heterocycles. The smallest absolute Gasteiger partial charge is 0.324 e. The van der Waals surface area contributed by atoms with Crippen LogP contribution in [0.5, 0.6) is 0 Å². The Kier molecular flexibility index (Phi) is 6.89. The highest BCUT2D eigenvalue weighted by atomic mass is 32.2. The molecular weight excluding hydrogens is 416 g/mol. The number of carboxylic acids is 1. The van der Waals surface area contributed by atoms with Crippen molar-refractivity contribution < 1.29 is 48.4 Å². The summed E-state index contributed by atoms with van der Waals surface area (Å²) >= 11 is 0. The van der Waals surface area contributed by atoms with Crippen molar-refractivity contribution in [3.63, 3.8) is 0 Å². The summed E-state index contributed by atoms with van der Waals surface area (Å²) in [6.07, 6.45) is -9.14. The van der Waals surface area contributed by atoms with E-state index in [1.807, 2.05) is 0 Å². The van der Waals surface area contributed by atoms with Gasteiger partial charge in [0.05, 0.1) is 17.6 Å². The first-order valence-electron chi connectivity index (χ1n) is 8.25. The fourth-order valence-corrected chi connectivity index (χ4v) is 4.90. The van der Waals surface area contributed by atoms with Gasteiger partial charge in [-0.05, 0) is 13.0 Å². The number of nitro benzene ring substituents is 1. The Morgan fingerprint density at radius 3 is 2.34 bits per heavy atom. The molecule has 0 bridgehead atoms. The third-order valence-electron chi connectivity index (χ3n) is 4.37. The SMILES string of the molecule is C[C@@H](O)[C@@H](C(=O)O)N([C@H]1O[C@@H](CO)[C@H](O)[C@H]1O)S(=O)(=O)c1ccccc1[N+](=O)[O-]. The number of nitrogens with zero attached hydrogens (tertiary/aromatic N) is 2. The summed E-state index contributed by atoms with van der Waals surface area (Å²) in [5.74, 6) is -1.83. The van der Waals surface area contributed by atoms with E-state index >= 15 is 0 Å². The predicted molar refractivity (Wildman–Crippen MR) is 93.0 cm³/mol. The summed E-state index contributed by atoms with van der Waals surface area (Å²) in [5, 5.41) is 60.1. The summed E-state index contributed by atoms with van der Waals surface area (Å²) in [6, 6.07) is 1.85. The van der Waals surface area contributed by atoms with Crippen molar-refractivity contribution >= 4 is 21.7 Å². The third-order valence-corrected chi connectivity index (χ3v) is 6.26. The lowest BCUT2D eigenvalue weighted by Gasteiger charge is -2.34. The van der Waals surface area contributed by atoms with Crippen LogP contribution in [0.1, 0.15) is 6.92 Å². The fraction of sp³-hybridized carbons (Fsp3) is 0.533. The van der Waals surface area contributed by atoms with Crippen molar-refractivity contribution in [2.75, 3.05) is 6.61 Å². The maximum absolute atomic E-state index is 13.3. The molecular formula is C15H20N2O11S. The van der Waals surface area contributed by atoms with Crippen molar-refractivity contribution in [1.82, 2.24) is 4.31 Å². The molecule has 0 radical (unpaired) electrons. The summed E-state index contributed by atoms with van der Waals surface area (Å²) in [5.41, 5.74) is -0.876. The lowest BCUT2D eigenvalue weighted by atomic mass is 10.1. The number of rotatable bonds is 8. The number of nitro groups is 1. The zero-order valence-electron chi connectivity index (χ0n) is 15.0. The van der Waals surface area contributed by atoms with E-state index in [1.165, 1.54) is 6.07 Å². The molecule has 2 rings (SSSR count). The molecule has 0 aromatic heterocycles. The molecule has 1 aromatic rings. The molecule has 6 atom stereocenters. The lowest BCUT2D eigenvalue weighted by Crippen LogP contribution is -2.58. The Morgan fingerprint density at radius 2 is 1.90 bits per heavy atom. The highest BCUT2D eigenvalue weighted by molar-refractivity contribution is 7.89. The summed E-state index contributed by atoms with van der Waals surface area (Å²) in [4.78, 5) is 21.1. The largest absolute Gasteiger partial charge is 0.480 e. The maximum atomic E-state index is 13.3. The van der Waals surface area contributed by atoms with Crippen LogP contribution in [-0.4, -0.2) is 92.4 Å². The fourth-order valence-electron chi connectivity index (χ4n) is 3.00. The van der Waals surface area contributed by atoms with Crippen LogP contribution in [0.15, 0.2) is 29.2 Å². The summed E-state index contributed by atoms with van der Waals surface area (Å²) in [7, 11) is -5.06. The molecule has 1 fully saturated rings. The molecule has 5 N–H and O–H groups in total. The van der Waals surface area contributed by atoms with Crippen LogP contribution < -0.4 is 0 Å². The lowest BCUT2D eigenvalue weighted by molar-refractivity contribution is -0.387. The van der Waals surface area contributed by atoms with Crippen LogP contribution in [0.25, 0.3) is 0 Å². The van der Waals surface area contributed by atoms with Gasteiger partial charge in [-0.3, -0.25) is 14.9 Å². The van der Waals surface area contributed by atoms with E-state index in [0.29, 0.717) is 0 Å². The third kappa shape index (κ3) is 4.23. The van der Waals surface area contributed by atoms with E-state index in [9.17, 15) is 48.9 Å². The minimum absolute atomic E-state index is 0.0614. The molecule has 0 amide bonds. The molecule has 13 nitrogen and oxygen atoms in total. The van der Waals surface area contributed by atoms with Crippen molar-refractivity contribution in [2.24, 2.45) is 0 Å². The van der Waals surface area contributed by atoms with Crippen LogP contribution in [0.2, 0.25) is 0 Å². The van der Waals surface area contributed by atoms with Crippen LogP contribution in [0, 0.1) is 10.1 Å². The number of hydrogen-bond acceptors (Lipinski definition) is 10. The van der Waals surface area contributed by atoms with Gasteiger partial charge in [-0.15, -0.1) is 0 Å². The topological polar surface area (TPSA) is 208 Å². The molecule has 0 unspecified atom stereocenters. The molecule has 0 saturated carbocycles. The first-order valence-corrected chi connectivity index (χ1v) is 9.69. The molecule has 1 aromatic carbocycles. The Bertz CT molecular complexity index is 875. The zero-order valence-corrected chi connectivity index (χ0v) is 15.8. The minimum Gasteiger partial charge on any atom is -0.480 e. The normalized spacial score (nSPS) is 27.0. The van der Waals surface area contributed by atoms with Gasteiger partial charge in [0.25, 0.3) is 15.7 Å². The van der Waals surface area contributed by atoms with Gasteiger partial charge in [-0.1, -0.05) is 12.1 Å². The number of hydrogen-bond donors (Lipinski definition) is 5. The van der Waals surface area contributed by atoms with Gasteiger partial charge in [0.1, 0.15) is 18.3 Å². The quantitative estimate of drug-likeness (QED) is 0.219. The second-order valence-corrected chi connectivity index (χ2v) is 8.12. The van der Waals surface area contributed by atoms with Crippen LogP contribution >= 0.6 is 0 Å². The van der Waals surface area contributed by atoms with E-state index in [1.54, 1.807) is 0 Å². The number of ether oxygens (including phenoxy) is 1. The van der Waals surface area contributed by atoms with Crippen molar-refractivity contribution in [3.05, 3.63) is 34.4 Å². The van der Waals surface area contributed by atoms with Crippen LogP contribution in [0.4, 0.5) is 5.69 Å². The number of aliphatic hydroxyl groups is 4. The standard InChI is InChI=1S/C15H20N2O11S/c1-7(19)11(15(22)23)16(14-13(21)12(20)9(6-18)28-14)29(26,27)10-5-3-2-4-8(10)17(24)25/h2-5,7,9,11-14,18-21H,6H2,1H3,(H,22,23)/t7-,9+,11+,12+,13-,14+/m1/s1. The Hall–Kier alpha value is -2.20. The van der Waals surface area contributed by atoms with E-state index < -0.39 is 74.8 Å². The highest BCUT2D eigenvalue weighted by Crippen LogP contribution is 2.34. The molecule has 1 aliphatic heterocycles. The monoisotopic (exact) mass is 436 g/mol. The van der Waals surface area contributed by atoms with Crippen molar-refractivity contribution in [3.8, 4) is 0 Å². The van der Waals surface area contributed by atoms with E-state index in [0.717, 1.165) is 25.1 Å². The number of benzene rings is 1. The highest BCUT2D eigenvalue weighted by Gasteiger charge is 2.54. The predicted octanol–water partition coefficient (Wildman–Crippen LogP) is -2.14. The summed E-state index contributed by atoms with van der Waals surface area (Å²) in [6.45, 7) is 0.127. The molecule has 1 heterocycles. The van der Waals surface area contributed by atoms with E-state index in [-0.39, 0.29) is 4.31 Å². The summed E-state index contributed by atoms with van der Waals surface area (Å²) < 4.78 is 31.7. The van der Waals surface area contributed by atoms with Crippen LogP contribution in [0.3, 0.4) is 0 Å². The van der Waals surface area contributed by atoms with Gasteiger partial charge in [-0.2, -0.15) is 4.31 Å². The molecule has 14 heteroatoms. The van der Waals surface area contributed by atoms with Gasteiger partial charge < -0.3 is 30.3 Å². The number of carbonyl (C=O) groups is 1. The van der Waals surface area contributed by atoms with Crippen molar-refractivity contribution in [1.29, 1.82) is 0 Å². The molecule has 1 aliphatic rings. The van der Waals surface area contributed by atoms with E-state index in [2.05, 4.69) is 0 Å².